The highest BCUT2D eigenvalue weighted by Crippen LogP contribution is 2.46. The molecule has 2 aromatic heterocycles. The number of carbonyl (C=O) groups excluding carboxylic acids is 1. The first-order valence-corrected chi connectivity index (χ1v) is 11.9. The van der Waals surface area contributed by atoms with Gasteiger partial charge in [-0.05, 0) is 61.1 Å². The SMILES string of the molecule is N#CC1(CS(=O)(=O)Nc2ccc(-c3cc(NC(=O)C4CC4)nc4[nH]ccc34)cc2F)CC1. The highest BCUT2D eigenvalue weighted by Gasteiger charge is 2.47. The minimum Gasteiger partial charge on any atom is -0.346 e. The number of pyridine rings is 1. The van der Waals surface area contributed by atoms with Crippen molar-refractivity contribution >= 4 is 38.5 Å². The number of fused-ring (bicyclic) bond motifs is 1. The summed E-state index contributed by atoms with van der Waals surface area (Å²) in [7, 11) is -3.87. The number of rotatable bonds is 7. The number of sulfonamides is 1. The maximum atomic E-state index is 14.9. The predicted octanol–water partition coefficient (Wildman–Crippen LogP) is 3.76. The molecule has 3 aromatic rings. The molecule has 1 amide bonds. The normalized spacial score (nSPS) is 17.0. The number of benzene rings is 1. The molecule has 2 heterocycles. The Bertz CT molecular complexity index is 1380. The monoisotopic (exact) mass is 453 g/mol. The molecule has 10 heteroatoms. The Labute approximate surface area is 183 Å². The van der Waals surface area contributed by atoms with Crippen LogP contribution in [0.1, 0.15) is 25.7 Å². The van der Waals surface area contributed by atoms with Crippen LogP contribution in [-0.4, -0.2) is 30.0 Å². The molecule has 2 saturated carbocycles. The Morgan fingerprint density at radius 2 is 2.06 bits per heavy atom. The summed E-state index contributed by atoms with van der Waals surface area (Å²) in [6, 6.07) is 9.71. The molecule has 0 atom stereocenters. The number of nitrogens with one attached hydrogen (secondary N) is 3. The van der Waals surface area contributed by atoms with Crippen molar-refractivity contribution in [2.45, 2.75) is 25.7 Å². The van der Waals surface area contributed by atoms with Crippen LogP contribution < -0.4 is 10.0 Å². The standard InChI is InChI=1S/C22H20FN5O3S/c23-17-9-14(3-4-18(17)28-32(30,31)12-22(11-24)6-7-22)16-10-19(27-21(29)13-1-2-13)26-20-15(16)5-8-25-20/h3-5,8-10,13,28H,1-2,6-7,12H2,(H2,25,26,27,29). The van der Waals surface area contributed by atoms with Gasteiger partial charge >= 0.3 is 0 Å². The van der Waals surface area contributed by atoms with Crippen molar-refractivity contribution in [1.29, 1.82) is 5.26 Å². The van der Waals surface area contributed by atoms with E-state index in [1.807, 2.05) is 6.07 Å². The van der Waals surface area contributed by atoms with Crippen LogP contribution in [0.15, 0.2) is 36.5 Å². The predicted molar refractivity (Wildman–Crippen MR) is 118 cm³/mol. The second-order valence-corrected chi connectivity index (χ2v) is 10.2. The minimum atomic E-state index is -3.87. The van der Waals surface area contributed by atoms with Gasteiger partial charge in [0.2, 0.25) is 15.9 Å². The molecule has 0 radical (unpaired) electrons. The van der Waals surface area contributed by atoms with E-state index in [1.54, 1.807) is 24.4 Å². The maximum Gasteiger partial charge on any atom is 0.234 e. The molecular formula is C22H20FN5O3S. The lowest BCUT2D eigenvalue weighted by Crippen LogP contribution is -2.23. The number of halogens is 1. The van der Waals surface area contributed by atoms with E-state index in [9.17, 15) is 17.6 Å². The Hall–Kier alpha value is -3.45. The Balaban J connectivity index is 1.44. The number of nitrogens with zero attached hydrogens (tertiary/aromatic N) is 2. The van der Waals surface area contributed by atoms with Crippen molar-refractivity contribution in [3.63, 3.8) is 0 Å². The van der Waals surface area contributed by atoms with Crippen LogP contribution in [0.25, 0.3) is 22.2 Å². The number of carbonyl (C=O) groups is 1. The van der Waals surface area contributed by atoms with Crippen LogP contribution in [0.3, 0.4) is 0 Å². The summed E-state index contributed by atoms with van der Waals surface area (Å²) in [4.78, 5) is 19.6. The fourth-order valence-electron chi connectivity index (χ4n) is 3.69. The van der Waals surface area contributed by atoms with Crippen LogP contribution in [0.5, 0.6) is 0 Å². The fourth-order valence-corrected chi connectivity index (χ4v) is 5.34. The maximum absolute atomic E-state index is 14.9. The van der Waals surface area contributed by atoms with Gasteiger partial charge in [0.05, 0.1) is 22.9 Å². The quantitative estimate of drug-likeness (QED) is 0.502. The molecule has 8 nitrogen and oxygen atoms in total. The average Bonchev–Trinajstić information content (AvgIpc) is 3.67. The van der Waals surface area contributed by atoms with E-state index in [0.29, 0.717) is 35.4 Å². The molecule has 0 unspecified atom stereocenters. The molecule has 32 heavy (non-hydrogen) atoms. The largest absolute Gasteiger partial charge is 0.346 e. The number of nitriles is 1. The van der Waals surface area contributed by atoms with Gasteiger partial charge in [0.1, 0.15) is 17.3 Å². The van der Waals surface area contributed by atoms with Gasteiger partial charge in [-0.25, -0.2) is 17.8 Å². The zero-order valence-electron chi connectivity index (χ0n) is 17.0. The summed E-state index contributed by atoms with van der Waals surface area (Å²) in [5.74, 6) is -0.799. The van der Waals surface area contributed by atoms with E-state index in [1.165, 1.54) is 12.1 Å². The number of aromatic amines is 1. The van der Waals surface area contributed by atoms with Crippen molar-refractivity contribution in [2.24, 2.45) is 11.3 Å². The second kappa shape index (κ2) is 7.31. The van der Waals surface area contributed by atoms with Crippen LogP contribution >= 0.6 is 0 Å². The lowest BCUT2D eigenvalue weighted by molar-refractivity contribution is -0.117. The van der Waals surface area contributed by atoms with Gasteiger partial charge in [-0.2, -0.15) is 5.26 Å². The molecule has 2 fully saturated rings. The van der Waals surface area contributed by atoms with Crippen LogP contribution in [-0.2, 0) is 14.8 Å². The molecule has 2 aliphatic carbocycles. The van der Waals surface area contributed by atoms with Crippen LogP contribution in [0.4, 0.5) is 15.9 Å². The molecule has 0 spiro atoms. The van der Waals surface area contributed by atoms with E-state index in [0.717, 1.165) is 18.2 Å². The summed E-state index contributed by atoms with van der Waals surface area (Å²) in [5.41, 5.74) is 0.668. The summed E-state index contributed by atoms with van der Waals surface area (Å²) in [5, 5.41) is 12.7. The number of hydrogen-bond acceptors (Lipinski definition) is 5. The first-order chi connectivity index (χ1) is 15.3. The van der Waals surface area contributed by atoms with Crippen LogP contribution in [0.2, 0.25) is 0 Å². The molecule has 0 saturated heterocycles. The fraction of sp³-hybridized carbons (Fsp3) is 0.318. The van der Waals surface area contributed by atoms with E-state index in [4.69, 9.17) is 5.26 Å². The third-order valence-electron chi connectivity index (χ3n) is 5.83. The van der Waals surface area contributed by atoms with Gasteiger partial charge in [0, 0.05) is 17.5 Å². The van der Waals surface area contributed by atoms with Gasteiger partial charge < -0.3 is 10.3 Å². The average molecular weight is 453 g/mol. The van der Waals surface area contributed by atoms with Crippen molar-refractivity contribution in [3.8, 4) is 17.2 Å². The number of hydrogen-bond donors (Lipinski definition) is 3. The van der Waals surface area contributed by atoms with Crippen LogP contribution in [0, 0.1) is 28.5 Å². The van der Waals surface area contributed by atoms with Crippen molar-refractivity contribution in [3.05, 3.63) is 42.3 Å². The molecule has 1 aromatic carbocycles. The summed E-state index contributed by atoms with van der Waals surface area (Å²) >= 11 is 0. The lowest BCUT2D eigenvalue weighted by Gasteiger charge is -2.13. The number of amides is 1. The molecule has 5 rings (SSSR count). The summed E-state index contributed by atoms with van der Waals surface area (Å²) < 4.78 is 41.9. The Morgan fingerprint density at radius 3 is 2.72 bits per heavy atom. The van der Waals surface area contributed by atoms with Gasteiger partial charge in [-0.3, -0.25) is 9.52 Å². The lowest BCUT2D eigenvalue weighted by atomic mass is 10.0. The van der Waals surface area contributed by atoms with Gasteiger partial charge in [-0.15, -0.1) is 0 Å². The molecule has 0 aliphatic heterocycles. The van der Waals surface area contributed by atoms with Crippen molar-refractivity contribution < 1.29 is 17.6 Å². The third-order valence-corrected chi connectivity index (χ3v) is 7.29. The zero-order chi connectivity index (χ0) is 22.5. The molecule has 3 N–H and O–H groups in total. The van der Waals surface area contributed by atoms with E-state index in [2.05, 4.69) is 20.0 Å². The van der Waals surface area contributed by atoms with E-state index >= 15 is 0 Å². The highest BCUT2D eigenvalue weighted by molar-refractivity contribution is 7.92. The molecule has 2 aliphatic rings. The third kappa shape index (κ3) is 4.03. The molecule has 0 bridgehead atoms. The van der Waals surface area contributed by atoms with Crippen molar-refractivity contribution in [1.82, 2.24) is 9.97 Å². The van der Waals surface area contributed by atoms with Gasteiger partial charge in [0.15, 0.2) is 0 Å². The molecule has 164 valence electrons. The second-order valence-electron chi connectivity index (χ2n) is 8.51. The van der Waals surface area contributed by atoms with Gasteiger partial charge in [-0.1, -0.05) is 6.07 Å². The Kier molecular flexibility index (Phi) is 4.67. The highest BCUT2D eigenvalue weighted by atomic mass is 32.2. The number of H-pyrrole nitrogens is 1. The molecular weight excluding hydrogens is 433 g/mol. The minimum absolute atomic E-state index is 0.0140. The topological polar surface area (TPSA) is 128 Å². The number of anilines is 2. The smallest absolute Gasteiger partial charge is 0.234 e. The van der Waals surface area contributed by atoms with Gasteiger partial charge in [0.25, 0.3) is 0 Å². The van der Waals surface area contributed by atoms with E-state index in [-0.39, 0.29) is 23.3 Å². The van der Waals surface area contributed by atoms with E-state index < -0.39 is 21.3 Å². The first-order valence-electron chi connectivity index (χ1n) is 10.3. The zero-order valence-corrected chi connectivity index (χ0v) is 17.8. The first kappa shape index (κ1) is 20.5. The van der Waals surface area contributed by atoms with Crippen molar-refractivity contribution in [2.75, 3.05) is 15.8 Å². The summed E-state index contributed by atoms with van der Waals surface area (Å²) in [6.07, 6.45) is 4.48. The Morgan fingerprint density at radius 1 is 1.28 bits per heavy atom. The summed E-state index contributed by atoms with van der Waals surface area (Å²) in [6.45, 7) is 0. The number of aromatic nitrogens is 2.